The van der Waals surface area contributed by atoms with E-state index in [0.29, 0.717) is 5.56 Å². The molecule has 6 aromatic rings. The molecule has 2 heteroatoms. The lowest BCUT2D eigenvalue weighted by molar-refractivity contribution is 0.563. The number of hydrogen-bond donors (Lipinski definition) is 0. The maximum absolute atomic E-state index is 9.33. The average Bonchev–Trinajstić information content (AvgIpc) is 3.73. The molecule has 0 saturated heterocycles. The summed E-state index contributed by atoms with van der Waals surface area (Å²) >= 11 is 0. The van der Waals surface area contributed by atoms with Gasteiger partial charge < -0.3 is 0 Å². The Kier molecular flexibility index (Phi) is 5.92. The van der Waals surface area contributed by atoms with Crippen LogP contribution in [0.25, 0.3) is 27.8 Å². The van der Waals surface area contributed by atoms with E-state index in [0.717, 1.165) is 16.7 Å². The number of nitriles is 1. The Morgan fingerprint density at radius 1 is 0.553 bits per heavy atom. The second-order valence-electron chi connectivity index (χ2n) is 13.4. The van der Waals surface area contributed by atoms with Gasteiger partial charge in [-0.05, 0) is 96.6 Å². The molecule has 1 unspecified atom stereocenters. The molecule has 1 spiro atoms. The lowest BCUT2D eigenvalue weighted by Gasteiger charge is -2.46. The molecule has 0 bridgehead atoms. The second kappa shape index (κ2) is 10.1. The highest BCUT2D eigenvalue weighted by molar-refractivity contribution is 6.12. The lowest BCUT2D eigenvalue weighted by Crippen LogP contribution is -2.40. The number of fused-ring (bicyclic) bond motifs is 9. The maximum Gasteiger partial charge on any atom is 0.0991 e. The number of benzene rings is 6. The van der Waals surface area contributed by atoms with Crippen LogP contribution >= 0.6 is 0 Å². The third-order valence-corrected chi connectivity index (χ3v) is 10.7. The van der Waals surface area contributed by atoms with Gasteiger partial charge in [0.25, 0.3) is 0 Å². The SMILES string of the molecule is CC1(C)c2ccccc2C2(c3ccccc3-c3ccc(-c4ccc(C5C=C(c6cccc(C#N)c6)C=N5)cc4)cc32)c2ccccc21. The van der Waals surface area contributed by atoms with Crippen LogP contribution in [0.1, 0.15) is 70.0 Å². The van der Waals surface area contributed by atoms with Crippen LogP contribution in [0.2, 0.25) is 0 Å². The molecule has 2 aliphatic carbocycles. The molecule has 0 radical (unpaired) electrons. The monoisotopic (exact) mass is 600 g/mol. The summed E-state index contributed by atoms with van der Waals surface area (Å²) in [6.07, 6.45) is 4.11. The predicted molar refractivity (Wildman–Crippen MR) is 192 cm³/mol. The van der Waals surface area contributed by atoms with Crippen molar-refractivity contribution in [2.24, 2.45) is 4.99 Å². The summed E-state index contributed by atoms with van der Waals surface area (Å²) in [6, 6.07) is 53.0. The zero-order chi connectivity index (χ0) is 31.8. The quantitative estimate of drug-likeness (QED) is 0.199. The van der Waals surface area contributed by atoms with Gasteiger partial charge in [0, 0.05) is 11.6 Å². The van der Waals surface area contributed by atoms with Gasteiger partial charge in [-0.2, -0.15) is 5.26 Å². The molecule has 222 valence electrons. The summed E-state index contributed by atoms with van der Waals surface area (Å²) in [5, 5.41) is 9.33. The molecule has 2 nitrogen and oxygen atoms in total. The average molecular weight is 601 g/mol. The fraction of sp³-hybridized carbons (Fsp3) is 0.111. The van der Waals surface area contributed by atoms with E-state index in [2.05, 4.69) is 141 Å². The third-order valence-electron chi connectivity index (χ3n) is 10.7. The smallest absolute Gasteiger partial charge is 0.0991 e. The molecular formula is C45H32N2. The minimum Gasteiger partial charge on any atom is -0.280 e. The summed E-state index contributed by atoms with van der Waals surface area (Å²) in [5.41, 5.74) is 16.6. The highest BCUT2D eigenvalue weighted by Gasteiger charge is 2.53. The molecule has 6 aromatic carbocycles. The van der Waals surface area contributed by atoms with Gasteiger partial charge in [-0.15, -0.1) is 0 Å². The van der Waals surface area contributed by atoms with Crippen LogP contribution in [-0.4, -0.2) is 6.21 Å². The van der Waals surface area contributed by atoms with Gasteiger partial charge in [0.05, 0.1) is 23.1 Å². The van der Waals surface area contributed by atoms with Crippen molar-refractivity contribution in [3.05, 3.63) is 196 Å². The summed E-state index contributed by atoms with van der Waals surface area (Å²) in [4.78, 5) is 4.80. The molecule has 3 aliphatic rings. The van der Waals surface area contributed by atoms with Crippen molar-refractivity contribution in [3.8, 4) is 28.3 Å². The Hall–Kier alpha value is -5.78. The van der Waals surface area contributed by atoms with Crippen LogP contribution in [0.4, 0.5) is 0 Å². The van der Waals surface area contributed by atoms with Crippen molar-refractivity contribution >= 4 is 11.8 Å². The first-order valence-electron chi connectivity index (χ1n) is 16.3. The van der Waals surface area contributed by atoms with Gasteiger partial charge in [-0.1, -0.05) is 135 Å². The van der Waals surface area contributed by atoms with Crippen molar-refractivity contribution < 1.29 is 0 Å². The largest absolute Gasteiger partial charge is 0.280 e. The van der Waals surface area contributed by atoms with E-state index in [-0.39, 0.29) is 11.5 Å². The van der Waals surface area contributed by atoms with E-state index < -0.39 is 5.41 Å². The van der Waals surface area contributed by atoms with Gasteiger partial charge in [-0.3, -0.25) is 4.99 Å². The first-order chi connectivity index (χ1) is 23.0. The van der Waals surface area contributed by atoms with Crippen molar-refractivity contribution in [2.45, 2.75) is 30.7 Å². The van der Waals surface area contributed by atoms with Gasteiger partial charge in [0.15, 0.2) is 0 Å². The molecule has 1 aliphatic heterocycles. The molecule has 1 atom stereocenters. The van der Waals surface area contributed by atoms with E-state index in [1.165, 1.54) is 55.6 Å². The van der Waals surface area contributed by atoms with Crippen molar-refractivity contribution in [1.82, 2.24) is 0 Å². The lowest BCUT2D eigenvalue weighted by atomic mass is 9.55. The van der Waals surface area contributed by atoms with Crippen LogP contribution in [0.5, 0.6) is 0 Å². The zero-order valence-electron chi connectivity index (χ0n) is 26.4. The number of allylic oxidation sites excluding steroid dienone is 1. The number of nitrogens with zero attached hydrogens (tertiary/aromatic N) is 2. The molecule has 0 N–H and O–H groups in total. The minimum absolute atomic E-state index is 0.0406. The van der Waals surface area contributed by atoms with E-state index in [9.17, 15) is 5.26 Å². The van der Waals surface area contributed by atoms with Crippen molar-refractivity contribution in [1.29, 1.82) is 5.26 Å². The molecule has 0 amide bonds. The molecule has 0 fully saturated rings. The number of rotatable bonds is 3. The Bertz CT molecular complexity index is 2300. The summed E-state index contributed by atoms with van der Waals surface area (Å²) < 4.78 is 0. The molecule has 1 heterocycles. The molecule has 9 rings (SSSR count). The first kappa shape index (κ1) is 27.5. The predicted octanol–water partition coefficient (Wildman–Crippen LogP) is 10.4. The normalized spacial score (nSPS) is 17.3. The van der Waals surface area contributed by atoms with Crippen LogP contribution < -0.4 is 0 Å². The first-order valence-corrected chi connectivity index (χ1v) is 16.3. The molecule has 0 aromatic heterocycles. The van der Waals surface area contributed by atoms with Crippen LogP contribution in [-0.2, 0) is 10.8 Å². The fourth-order valence-electron chi connectivity index (χ4n) is 8.45. The Morgan fingerprint density at radius 2 is 1.17 bits per heavy atom. The van der Waals surface area contributed by atoms with E-state index in [1.807, 2.05) is 30.5 Å². The molecule has 0 saturated carbocycles. The number of hydrogen-bond acceptors (Lipinski definition) is 2. The van der Waals surface area contributed by atoms with Crippen LogP contribution in [0.15, 0.2) is 151 Å². The van der Waals surface area contributed by atoms with Crippen molar-refractivity contribution in [3.63, 3.8) is 0 Å². The Balaban J connectivity index is 1.16. The van der Waals surface area contributed by atoms with Gasteiger partial charge in [-0.25, -0.2) is 0 Å². The van der Waals surface area contributed by atoms with E-state index in [4.69, 9.17) is 4.99 Å². The van der Waals surface area contributed by atoms with Crippen LogP contribution in [0.3, 0.4) is 0 Å². The van der Waals surface area contributed by atoms with E-state index in [1.54, 1.807) is 0 Å². The zero-order valence-corrected chi connectivity index (χ0v) is 26.4. The fourth-order valence-corrected chi connectivity index (χ4v) is 8.45. The standard InChI is InChI=1S/C45H32N2/c1-44(2)38-14-5-7-16-40(38)45(41-17-8-6-15-39(41)44)37-13-4-3-12-35(37)36-23-22-33(25-42(36)45)30-18-20-31(21-19-30)43-26-34(28-47-43)32-11-9-10-29(24-32)27-46/h3-26,28,43H,1-2H3. The summed E-state index contributed by atoms with van der Waals surface area (Å²) in [5.74, 6) is 0. The minimum atomic E-state index is -0.396. The molecular weight excluding hydrogens is 569 g/mol. The molecule has 47 heavy (non-hydrogen) atoms. The Labute approximate surface area is 276 Å². The van der Waals surface area contributed by atoms with Crippen molar-refractivity contribution in [2.75, 3.05) is 0 Å². The summed E-state index contributed by atoms with van der Waals surface area (Å²) in [7, 11) is 0. The maximum atomic E-state index is 9.33. The van der Waals surface area contributed by atoms with Gasteiger partial charge in [0.2, 0.25) is 0 Å². The highest BCUT2D eigenvalue weighted by atomic mass is 14.8. The number of aliphatic imine (C=N–C) groups is 1. The van der Waals surface area contributed by atoms with Crippen LogP contribution in [0, 0.1) is 11.3 Å². The highest BCUT2D eigenvalue weighted by Crippen LogP contribution is 2.62. The van der Waals surface area contributed by atoms with Gasteiger partial charge in [0.1, 0.15) is 0 Å². The van der Waals surface area contributed by atoms with E-state index >= 15 is 0 Å². The topological polar surface area (TPSA) is 36.1 Å². The summed E-state index contributed by atoms with van der Waals surface area (Å²) in [6.45, 7) is 4.74. The third kappa shape index (κ3) is 3.87. The van der Waals surface area contributed by atoms with Gasteiger partial charge >= 0.3 is 0 Å². The Morgan fingerprint density at radius 3 is 1.87 bits per heavy atom. The second-order valence-corrected chi connectivity index (χ2v) is 13.4.